The van der Waals surface area contributed by atoms with E-state index in [-0.39, 0.29) is 209 Å². The molecule has 3 heterocycles. The summed E-state index contributed by atoms with van der Waals surface area (Å²) in [5.41, 5.74) is 0. The molecule has 3 fully saturated rings. The maximum Gasteiger partial charge on any atom is 0.326 e. The van der Waals surface area contributed by atoms with Crippen LogP contribution >= 0.6 is 0 Å². The fourth-order valence-electron chi connectivity index (χ4n) is 14.5. The minimum Gasteiger partial charge on any atom is -0.480 e. The van der Waals surface area contributed by atoms with Crippen LogP contribution in [0.15, 0.2) is 0 Å². The van der Waals surface area contributed by atoms with Gasteiger partial charge in [-0.1, -0.05) is 32.6 Å². The molecule has 3 rings (SSSR count). The Morgan fingerprint density at radius 2 is 0.538 bits per heavy atom. The number of hydrogen-bond donors (Lipinski definition) is 10. The second-order valence-corrected chi connectivity index (χ2v) is 33.4. The molecular formula is C92H151N9O44. The molecule has 0 aromatic heterocycles. The van der Waals surface area contributed by atoms with E-state index in [0.717, 1.165) is 94.4 Å². The van der Waals surface area contributed by atoms with Crippen molar-refractivity contribution in [2.45, 2.75) is 296 Å². The predicted molar refractivity (Wildman–Crippen MR) is 495 cm³/mol. The number of ether oxygens (including phenoxy) is 24. The number of amides is 9. The maximum absolute atomic E-state index is 14.6. The summed E-state index contributed by atoms with van der Waals surface area (Å²) < 4.78 is 134. The van der Waals surface area contributed by atoms with Crippen LogP contribution in [0, 0.1) is 0 Å². The van der Waals surface area contributed by atoms with Gasteiger partial charge in [-0.15, -0.1) is 0 Å². The Hall–Kier alpha value is -10.7. The van der Waals surface area contributed by atoms with Gasteiger partial charge in [0.05, 0.1) is 119 Å². The summed E-state index contributed by atoms with van der Waals surface area (Å²) >= 11 is 0. The Balaban J connectivity index is 1.68. The second-order valence-electron chi connectivity index (χ2n) is 33.4. The van der Waals surface area contributed by atoms with E-state index in [4.69, 9.17) is 114 Å². The molecule has 145 heavy (non-hydrogen) atoms. The summed E-state index contributed by atoms with van der Waals surface area (Å²) in [6.45, 7) is 13.1. The van der Waals surface area contributed by atoms with Gasteiger partial charge in [0.25, 0.3) is 0 Å². The molecule has 9 amide bonds. The Labute approximate surface area is 841 Å². The van der Waals surface area contributed by atoms with Gasteiger partial charge in [0, 0.05) is 109 Å². The lowest BCUT2D eigenvalue weighted by Crippen LogP contribution is -2.66. The van der Waals surface area contributed by atoms with Crippen molar-refractivity contribution >= 4 is 113 Å². The molecule has 1 unspecified atom stereocenters. The van der Waals surface area contributed by atoms with Crippen molar-refractivity contribution in [2.24, 2.45) is 0 Å². The van der Waals surface area contributed by atoms with Crippen molar-refractivity contribution in [1.29, 1.82) is 0 Å². The number of carboxylic acid groups (broad SMARTS) is 1. The van der Waals surface area contributed by atoms with Crippen LogP contribution in [0.25, 0.3) is 0 Å². The summed E-state index contributed by atoms with van der Waals surface area (Å²) in [6, 6.07) is -7.81. The van der Waals surface area contributed by atoms with Crippen molar-refractivity contribution in [2.75, 3.05) is 178 Å². The first-order chi connectivity index (χ1) is 69.2. The van der Waals surface area contributed by atoms with Crippen LogP contribution in [0.3, 0.4) is 0 Å². The van der Waals surface area contributed by atoms with Crippen LogP contribution < -0.4 is 47.9 Å². The molecule has 10 N–H and O–H groups in total. The molecule has 0 bridgehead atoms. The highest BCUT2D eigenvalue weighted by atomic mass is 16.7. The monoisotopic (exact) mass is 2090 g/mol. The van der Waals surface area contributed by atoms with Crippen LogP contribution in [-0.4, -0.2) is 406 Å². The predicted octanol–water partition coefficient (Wildman–Crippen LogP) is -2.09. The molecule has 3 aliphatic rings. The lowest BCUT2D eigenvalue weighted by atomic mass is 9.96. The van der Waals surface area contributed by atoms with Gasteiger partial charge in [-0.25, -0.2) is 4.79 Å². The minimum atomic E-state index is -1.45. The highest BCUT2D eigenvalue weighted by Gasteiger charge is 2.55. The van der Waals surface area contributed by atoms with Gasteiger partial charge in [0.15, 0.2) is 55.5 Å². The van der Waals surface area contributed by atoms with Crippen LogP contribution in [0.1, 0.15) is 186 Å². The summed E-state index contributed by atoms with van der Waals surface area (Å²) in [5.74, 6) is -13.5. The zero-order valence-electron chi connectivity index (χ0n) is 85.1. The average molecular weight is 2090 g/mol. The zero-order valence-corrected chi connectivity index (χ0v) is 85.1. The Kier molecular flexibility index (Phi) is 67.3. The molecule has 53 nitrogen and oxygen atoms in total. The molecule has 53 heteroatoms. The maximum atomic E-state index is 14.6. The average Bonchev–Trinajstić information content (AvgIpc) is 0.794. The number of carbonyl (C=O) groups excluding carboxylic acids is 18. The molecule has 3 aliphatic heterocycles. The fraction of sp³-hybridized carbons (Fsp3) is 0.793. The molecule has 0 aliphatic carbocycles. The molecule has 0 aromatic rings. The van der Waals surface area contributed by atoms with Crippen LogP contribution in [0.5, 0.6) is 0 Å². The number of carbonyl (C=O) groups is 19. The van der Waals surface area contributed by atoms with Crippen molar-refractivity contribution < 1.29 is 210 Å². The number of unbranched alkanes of at least 4 members (excludes halogenated alkanes) is 7. The molecule has 0 spiro atoms. The summed E-state index contributed by atoms with van der Waals surface area (Å²) in [4.78, 5) is 239. The molecule has 18 atom stereocenters. The minimum absolute atomic E-state index is 0.00799. The fourth-order valence-corrected chi connectivity index (χ4v) is 14.5. The van der Waals surface area contributed by atoms with Crippen LogP contribution in [-0.2, 0) is 205 Å². The van der Waals surface area contributed by atoms with E-state index in [1.165, 1.54) is 20.8 Å². The third kappa shape index (κ3) is 59.1. The Bertz CT molecular complexity index is 3950. The third-order valence-corrected chi connectivity index (χ3v) is 20.8. The van der Waals surface area contributed by atoms with Crippen molar-refractivity contribution in [3.8, 4) is 0 Å². The molecule has 0 saturated carbocycles. The molecule has 0 aromatic carbocycles. The topological polar surface area (TPSA) is 674 Å². The van der Waals surface area contributed by atoms with E-state index >= 15 is 0 Å². The number of aliphatic carboxylic acids is 1. The van der Waals surface area contributed by atoms with E-state index in [9.17, 15) is 96.2 Å². The SMILES string of the molecule is CCCCCCCC(=O)NCCCC[C@H](NC(=O)[C@H](CCCCNC(=O)COCCOCCOCCOC1O[C@H](COC(C)=O)[C@H](OC(C)=O)[C@H](OC(C)=O)[C@H]1NC(C)=O)NC(=O)[C@H](CCCCNC(=O)COCCOCCOCCO[C@@H]1O[C@H](COC(C)=O)[C@H](OC(C)=O)[C@H](OC(C)=O)[C@H]1NC(C)=O)NC(=O)COCCOCCOCCO[C@@H]1O[C@H](COC(C)=O)[C@H](OC(C)=O)[C@H](OC(C)=O)[C@H]1NC(C)=O)C(=O)O. The first kappa shape index (κ1) is 128. The van der Waals surface area contributed by atoms with Crippen molar-refractivity contribution in [3.05, 3.63) is 0 Å². The van der Waals surface area contributed by atoms with E-state index in [1.807, 2.05) is 0 Å². The normalized spacial score (nSPS) is 21.2. The molecular weight excluding hydrogens is 1940 g/mol. The lowest BCUT2D eigenvalue weighted by molar-refractivity contribution is -0.279. The third-order valence-electron chi connectivity index (χ3n) is 20.8. The van der Waals surface area contributed by atoms with Gasteiger partial charge in [-0.3, -0.25) is 86.3 Å². The highest BCUT2D eigenvalue weighted by molar-refractivity contribution is 5.93. The van der Waals surface area contributed by atoms with Crippen LogP contribution in [0.4, 0.5) is 0 Å². The second kappa shape index (κ2) is 76.0. The van der Waals surface area contributed by atoms with E-state index in [2.05, 4.69) is 54.8 Å². The van der Waals surface area contributed by atoms with Gasteiger partial charge in [0.2, 0.25) is 53.2 Å². The van der Waals surface area contributed by atoms with Gasteiger partial charge in [0.1, 0.15) is 94.2 Å². The number of hydrogen-bond acceptors (Lipinski definition) is 43. The largest absolute Gasteiger partial charge is 0.480 e. The van der Waals surface area contributed by atoms with Gasteiger partial charge < -0.3 is 167 Å². The van der Waals surface area contributed by atoms with E-state index < -0.39 is 243 Å². The highest BCUT2D eigenvalue weighted by Crippen LogP contribution is 2.32. The molecule has 3 saturated heterocycles. The summed E-state index contributed by atoms with van der Waals surface area (Å²) in [6.07, 6.45) is -9.13. The van der Waals surface area contributed by atoms with Crippen molar-refractivity contribution in [1.82, 2.24) is 47.9 Å². The number of nitrogens with one attached hydrogen (secondary N) is 9. The van der Waals surface area contributed by atoms with Crippen LogP contribution in [0.2, 0.25) is 0 Å². The van der Waals surface area contributed by atoms with Crippen molar-refractivity contribution in [3.63, 3.8) is 0 Å². The number of carboxylic acids is 1. The zero-order chi connectivity index (χ0) is 107. The van der Waals surface area contributed by atoms with Gasteiger partial charge in [-0.2, -0.15) is 0 Å². The first-order valence-corrected chi connectivity index (χ1v) is 48.4. The van der Waals surface area contributed by atoms with E-state index in [1.54, 1.807) is 0 Å². The summed E-state index contributed by atoms with van der Waals surface area (Å²) in [7, 11) is 0. The number of esters is 9. The number of rotatable bonds is 78. The Morgan fingerprint density at radius 3 is 0.828 bits per heavy atom. The first-order valence-electron chi connectivity index (χ1n) is 48.4. The molecule has 0 radical (unpaired) electrons. The smallest absolute Gasteiger partial charge is 0.326 e. The quantitative estimate of drug-likeness (QED) is 0.0177. The summed E-state index contributed by atoms with van der Waals surface area (Å²) in [5, 5.41) is 34.4. The van der Waals surface area contributed by atoms with E-state index in [0.29, 0.717) is 12.8 Å². The van der Waals surface area contributed by atoms with Gasteiger partial charge in [-0.05, 0) is 64.2 Å². The standard InChI is InChI=1S/C92H151N9O44/c1-14-15-16-17-18-28-74(114)93-29-24-21-27-70(89(120)121)101-88(119)69(26-20-23-31-95-76(116)54-129-42-39-123-33-36-126-45-48-132-91-79(97-57(3)103)85(141-66(12)112)82(138-63(9)109)72(144-91)51-135-60(6)106)100-87(118)68(99-77(117)55-130-43-40-124-34-37-127-46-49-133-92-80(98-58(4)104)86(142-67(13)113)83(139-64(10)110)73(145-92)52-136-61(7)107)25-19-22-30-94-75(115)53-128-41-38-122-32-35-125-44-47-131-90-78(96-56(2)102)84(140-65(11)111)81(137-62(8)108)71(143-90)50-134-59(5)105/h68-73,78-86,90-92H,14-55H2,1-13H3,(H,93,114)(H,94,115)(H,95,116)(H,96,102)(H,97,103)(H,98,104)(H,99,117)(H,100,118)(H,101,119)(H,120,121)/t68-,69-,70-,71+,72+,73+,78+,79+,80+,81-,82-,83-,84+,85+,86+,90+,91?,92+/m0/s1. The van der Waals surface area contributed by atoms with Gasteiger partial charge >= 0.3 is 59.7 Å². The Morgan fingerprint density at radius 1 is 0.276 bits per heavy atom. The molecule has 828 valence electrons. The lowest BCUT2D eigenvalue weighted by Gasteiger charge is -2.44.